The lowest BCUT2D eigenvalue weighted by Crippen LogP contribution is -3.15. The lowest BCUT2D eigenvalue weighted by atomic mass is 10.3. The minimum atomic E-state index is -0.305. The van der Waals surface area contributed by atoms with Crippen molar-refractivity contribution in [1.29, 1.82) is 0 Å². The molecule has 2 aliphatic rings. The van der Waals surface area contributed by atoms with Gasteiger partial charge in [-0.1, -0.05) is 0 Å². The van der Waals surface area contributed by atoms with E-state index in [0.29, 0.717) is 18.3 Å². The second-order valence-corrected chi connectivity index (χ2v) is 6.58. The van der Waals surface area contributed by atoms with Crippen molar-refractivity contribution in [2.75, 3.05) is 38.0 Å². The van der Waals surface area contributed by atoms with Crippen LogP contribution in [0.2, 0.25) is 0 Å². The third-order valence-corrected chi connectivity index (χ3v) is 4.58. The quantitative estimate of drug-likeness (QED) is 0.677. The molecule has 1 amide bonds. The first-order chi connectivity index (χ1) is 11.1. The van der Waals surface area contributed by atoms with E-state index >= 15 is 0 Å². The number of nitrogens with zero attached hydrogens (tertiary/aromatic N) is 1. The van der Waals surface area contributed by atoms with E-state index in [0.717, 1.165) is 31.3 Å². The van der Waals surface area contributed by atoms with Crippen LogP contribution in [-0.4, -0.2) is 54.7 Å². The number of benzene rings is 1. The Morgan fingerprint density at radius 1 is 1.26 bits per heavy atom. The molecule has 0 unspecified atom stereocenters. The van der Waals surface area contributed by atoms with Gasteiger partial charge in [0.25, 0.3) is 5.91 Å². The zero-order chi connectivity index (χ0) is 16.2. The number of halogens is 1. The molecule has 1 heterocycles. The number of nitrogens with one attached hydrogen (secondary N) is 3. The molecule has 3 N–H and O–H groups in total. The number of carbonyl (C=O) groups is 1. The number of hydrogen-bond acceptors (Lipinski definition) is 2. The summed E-state index contributed by atoms with van der Waals surface area (Å²) in [5.74, 6) is -0.348. The third-order valence-electron chi connectivity index (χ3n) is 4.20. The average Bonchev–Trinajstić information content (AvgIpc) is 3.34. The summed E-state index contributed by atoms with van der Waals surface area (Å²) in [6.45, 7) is 3.95. The molecule has 1 saturated heterocycles. The van der Waals surface area contributed by atoms with Crippen molar-refractivity contribution in [3.8, 4) is 0 Å². The summed E-state index contributed by atoms with van der Waals surface area (Å²) in [6, 6.07) is 6.41. The van der Waals surface area contributed by atoms with E-state index in [2.05, 4.69) is 15.5 Å². The second-order valence-electron chi connectivity index (χ2n) is 6.19. The van der Waals surface area contributed by atoms with Crippen LogP contribution in [0.5, 0.6) is 0 Å². The summed E-state index contributed by atoms with van der Waals surface area (Å²) in [5.41, 5.74) is 0.629. The average molecular weight is 337 g/mol. The molecule has 1 aliphatic carbocycles. The van der Waals surface area contributed by atoms with Crippen molar-refractivity contribution in [2.45, 2.75) is 18.9 Å². The first-order valence-corrected chi connectivity index (χ1v) is 8.45. The summed E-state index contributed by atoms with van der Waals surface area (Å²) in [6.07, 6.45) is 2.43. The van der Waals surface area contributed by atoms with Crippen molar-refractivity contribution in [3.05, 3.63) is 30.1 Å². The van der Waals surface area contributed by atoms with E-state index in [4.69, 9.17) is 12.2 Å². The molecule has 3 rings (SSSR count). The molecule has 0 atom stereocenters. The largest absolute Gasteiger partial charge is 0.360 e. The zero-order valence-electron chi connectivity index (χ0n) is 13.0. The molecule has 0 aromatic heterocycles. The molecule has 23 heavy (non-hydrogen) atoms. The highest BCUT2D eigenvalue weighted by atomic mass is 32.1. The lowest BCUT2D eigenvalue weighted by molar-refractivity contribution is -0.895. The van der Waals surface area contributed by atoms with Crippen LogP contribution in [0.3, 0.4) is 0 Å². The van der Waals surface area contributed by atoms with Crippen LogP contribution in [0.15, 0.2) is 24.3 Å². The normalized spacial score (nSPS) is 18.6. The molecule has 0 bridgehead atoms. The summed E-state index contributed by atoms with van der Waals surface area (Å²) >= 11 is 5.41. The fourth-order valence-corrected chi connectivity index (χ4v) is 3.01. The van der Waals surface area contributed by atoms with E-state index in [-0.39, 0.29) is 11.7 Å². The molecule has 1 aromatic rings. The smallest absolute Gasteiger partial charge is 0.279 e. The molecular formula is C16H22FN4OS+. The summed E-state index contributed by atoms with van der Waals surface area (Å²) in [5, 5.41) is 7.01. The third kappa shape index (κ3) is 4.87. The minimum Gasteiger partial charge on any atom is -0.360 e. The van der Waals surface area contributed by atoms with Gasteiger partial charge in [0, 0.05) is 11.7 Å². The molecule has 1 aromatic carbocycles. The van der Waals surface area contributed by atoms with Crippen molar-refractivity contribution < 1.29 is 14.1 Å². The maximum atomic E-state index is 12.8. The first-order valence-electron chi connectivity index (χ1n) is 8.04. The highest BCUT2D eigenvalue weighted by Crippen LogP contribution is 2.18. The fourth-order valence-electron chi connectivity index (χ4n) is 2.66. The van der Waals surface area contributed by atoms with Crippen LogP contribution in [0.4, 0.5) is 10.1 Å². The van der Waals surface area contributed by atoms with Crippen LogP contribution >= 0.6 is 12.2 Å². The molecule has 0 radical (unpaired) electrons. The van der Waals surface area contributed by atoms with Crippen LogP contribution in [0.1, 0.15) is 12.8 Å². The second kappa shape index (κ2) is 7.23. The predicted octanol–water partition coefficient (Wildman–Crippen LogP) is 0.00160. The maximum Gasteiger partial charge on any atom is 0.279 e. The molecule has 0 spiro atoms. The Hall–Kier alpha value is -1.73. The van der Waals surface area contributed by atoms with Gasteiger partial charge in [-0.05, 0) is 49.3 Å². The van der Waals surface area contributed by atoms with Gasteiger partial charge < -0.3 is 20.4 Å². The monoisotopic (exact) mass is 337 g/mol. The zero-order valence-corrected chi connectivity index (χ0v) is 13.8. The summed E-state index contributed by atoms with van der Waals surface area (Å²) < 4.78 is 12.8. The number of piperazine rings is 1. The Balaban J connectivity index is 1.40. The highest BCUT2D eigenvalue weighted by molar-refractivity contribution is 7.80. The van der Waals surface area contributed by atoms with Gasteiger partial charge >= 0.3 is 0 Å². The van der Waals surface area contributed by atoms with Crippen molar-refractivity contribution in [2.24, 2.45) is 0 Å². The van der Waals surface area contributed by atoms with E-state index in [1.54, 1.807) is 12.1 Å². The van der Waals surface area contributed by atoms with Crippen molar-refractivity contribution in [1.82, 2.24) is 10.2 Å². The Morgan fingerprint density at radius 2 is 1.91 bits per heavy atom. The fraction of sp³-hybridized carbons (Fsp3) is 0.500. The topological polar surface area (TPSA) is 48.8 Å². The van der Waals surface area contributed by atoms with Crippen molar-refractivity contribution in [3.63, 3.8) is 0 Å². The van der Waals surface area contributed by atoms with Gasteiger partial charge in [-0.3, -0.25) is 4.79 Å². The van der Waals surface area contributed by atoms with E-state index < -0.39 is 0 Å². The van der Waals surface area contributed by atoms with Crippen molar-refractivity contribution >= 4 is 28.9 Å². The van der Waals surface area contributed by atoms with E-state index in [1.807, 2.05) is 0 Å². The number of carbonyl (C=O) groups excluding carboxylic acids is 1. The first kappa shape index (κ1) is 16.1. The van der Waals surface area contributed by atoms with Crippen LogP contribution in [0.25, 0.3) is 0 Å². The van der Waals surface area contributed by atoms with E-state index in [1.165, 1.54) is 29.9 Å². The number of quaternary nitrogens is 1. The molecule has 7 heteroatoms. The Bertz CT molecular complexity index is 568. The van der Waals surface area contributed by atoms with Gasteiger partial charge in [0.05, 0.1) is 26.2 Å². The standard InChI is InChI=1S/C16H21FN4OS/c17-12-1-3-13(4-2-12)18-15(22)11-20-7-9-21(10-8-20)16(23)19-14-5-6-14/h1-4,14H,5-11H2,(H,18,22)(H,19,23)/p+1. The van der Waals surface area contributed by atoms with Crippen LogP contribution in [-0.2, 0) is 4.79 Å². The molecule has 1 aliphatic heterocycles. The number of anilines is 1. The Morgan fingerprint density at radius 3 is 2.52 bits per heavy atom. The van der Waals surface area contributed by atoms with Crippen LogP contribution < -0.4 is 15.5 Å². The van der Waals surface area contributed by atoms with Gasteiger partial charge in [-0.2, -0.15) is 0 Å². The van der Waals surface area contributed by atoms with Gasteiger partial charge in [0.1, 0.15) is 5.82 Å². The van der Waals surface area contributed by atoms with E-state index in [9.17, 15) is 9.18 Å². The molecule has 5 nitrogen and oxygen atoms in total. The number of thiocarbonyl (C=S) groups is 1. The SMILES string of the molecule is O=C(C[NH+]1CCN(C(=S)NC2CC2)CC1)Nc1ccc(F)cc1. The van der Waals surface area contributed by atoms with Gasteiger partial charge in [0.15, 0.2) is 11.7 Å². The predicted molar refractivity (Wildman–Crippen MR) is 90.9 cm³/mol. The molecule has 1 saturated carbocycles. The van der Waals surface area contributed by atoms with Gasteiger partial charge in [-0.25, -0.2) is 4.39 Å². The highest BCUT2D eigenvalue weighted by Gasteiger charge is 2.27. The minimum absolute atomic E-state index is 0.0428. The number of amides is 1. The maximum absolute atomic E-state index is 12.8. The summed E-state index contributed by atoms with van der Waals surface area (Å²) in [4.78, 5) is 15.5. The number of hydrogen-bond donors (Lipinski definition) is 3. The lowest BCUT2D eigenvalue weighted by Gasteiger charge is -2.33. The van der Waals surface area contributed by atoms with Crippen LogP contribution in [0, 0.1) is 5.82 Å². The Labute approximate surface area is 140 Å². The molecule has 124 valence electrons. The summed E-state index contributed by atoms with van der Waals surface area (Å²) in [7, 11) is 0. The Kier molecular flexibility index (Phi) is 5.07. The molecule has 2 fully saturated rings. The van der Waals surface area contributed by atoms with Gasteiger partial charge in [0.2, 0.25) is 0 Å². The van der Waals surface area contributed by atoms with Gasteiger partial charge in [-0.15, -0.1) is 0 Å². The number of rotatable bonds is 4. The molecular weight excluding hydrogens is 315 g/mol.